The van der Waals surface area contributed by atoms with Gasteiger partial charge in [0.1, 0.15) is 0 Å². The highest BCUT2D eigenvalue weighted by molar-refractivity contribution is 5.33. The molecule has 2 rings (SSSR count). The van der Waals surface area contributed by atoms with E-state index in [-0.39, 0.29) is 0 Å². The van der Waals surface area contributed by atoms with Crippen LogP contribution in [0.25, 0.3) is 0 Å². The van der Waals surface area contributed by atoms with Crippen LogP contribution in [0, 0.1) is 6.92 Å². The van der Waals surface area contributed by atoms with Crippen LogP contribution in [-0.2, 0) is 10.2 Å². The third-order valence-electron chi connectivity index (χ3n) is 3.39. The van der Waals surface area contributed by atoms with Gasteiger partial charge in [0, 0.05) is 13.2 Å². The van der Waals surface area contributed by atoms with Gasteiger partial charge in [0.15, 0.2) is 0 Å². The Morgan fingerprint density at radius 3 is 2.43 bits per heavy atom. The molecular formula is C13H18O. The Kier molecular flexibility index (Phi) is 2.60. The number of ether oxygens (including phenoxy) is 1. The minimum atomic E-state index is 0.337. The molecule has 0 saturated carbocycles. The van der Waals surface area contributed by atoms with Gasteiger partial charge in [-0.05, 0) is 36.3 Å². The summed E-state index contributed by atoms with van der Waals surface area (Å²) in [5.74, 6) is 0. The minimum Gasteiger partial charge on any atom is -0.381 e. The molecule has 0 unspecified atom stereocenters. The summed E-state index contributed by atoms with van der Waals surface area (Å²) in [7, 11) is 0. The summed E-state index contributed by atoms with van der Waals surface area (Å²) in [4.78, 5) is 0. The monoisotopic (exact) mass is 190 g/mol. The van der Waals surface area contributed by atoms with Crippen molar-refractivity contribution in [3.63, 3.8) is 0 Å². The molecular weight excluding hydrogens is 172 g/mol. The second kappa shape index (κ2) is 3.74. The molecule has 0 bridgehead atoms. The molecule has 1 aromatic rings. The molecule has 0 spiro atoms. The average molecular weight is 190 g/mol. The molecule has 0 N–H and O–H groups in total. The smallest absolute Gasteiger partial charge is 0.0474 e. The van der Waals surface area contributed by atoms with E-state index in [2.05, 4.69) is 38.1 Å². The van der Waals surface area contributed by atoms with Gasteiger partial charge in [-0.1, -0.05) is 31.2 Å². The Morgan fingerprint density at radius 1 is 1.14 bits per heavy atom. The Balaban J connectivity index is 2.32. The van der Waals surface area contributed by atoms with Crippen LogP contribution in [0.2, 0.25) is 0 Å². The average Bonchev–Trinajstić information content (AvgIpc) is 2.19. The summed E-state index contributed by atoms with van der Waals surface area (Å²) in [6.07, 6.45) is 2.30. The normalized spacial score (nSPS) is 20.7. The largest absolute Gasteiger partial charge is 0.381 e. The molecule has 0 amide bonds. The zero-order valence-corrected chi connectivity index (χ0v) is 9.05. The molecule has 76 valence electrons. The van der Waals surface area contributed by atoms with Crippen molar-refractivity contribution in [1.29, 1.82) is 0 Å². The zero-order chi connectivity index (χ0) is 10.0. The van der Waals surface area contributed by atoms with Crippen molar-refractivity contribution in [3.8, 4) is 0 Å². The van der Waals surface area contributed by atoms with Crippen LogP contribution >= 0.6 is 0 Å². The fourth-order valence-corrected chi connectivity index (χ4v) is 2.34. The van der Waals surface area contributed by atoms with Crippen molar-refractivity contribution in [2.45, 2.75) is 32.1 Å². The van der Waals surface area contributed by atoms with Gasteiger partial charge < -0.3 is 4.74 Å². The third kappa shape index (κ3) is 1.69. The zero-order valence-electron chi connectivity index (χ0n) is 9.05. The van der Waals surface area contributed by atoms with E-state index in [0.29, 0.717) is 5.41 Å². The van der Waals surface area contributed by atoms with Gasteiger partial charge in [-0.15, -0.1) is 0 Å². The summed E-state index contributed by atoms with van der Waals surface area (Å²) in [6, 6.07) is 8.72. The first-order valence-corrected chi connectivity index (χ1v) is 5.36. The lowest BCUT2D eigenvalue weighted by Gasteiger charge is -2.35. The summed E-state index contributed by atoms with van der Waals surface area (Å²) >= 11 is 0. The van der Waals surface area contributed by atoms with E-state index in [1.54, 1.807) is 0 Å². The Hall–Kier alpha value is -0.820. The Morgan fingerprint density at radius 2 is 1.79 bits per heavy atom. The SMILES string of the molecule is Cc1ccccc1C1(C)CCOCC1. The number of hydrogen-bond acceptors (Lipinski definition) is 1. The van der Waals surface area contributed by atoms with Crippen molar-refractivity contribution in [3.05, 3.63) is 35.4 Å². The van der Waals surface area contributed by atoms with Gasteiger partial charge in [0.2, 0.25) is 0 Å². The van der Waals surface area contributed by atoms with Gasteiger partial charge in [0.05, 0.1) is 0 Å². The van der Waals surface area contributed by atoms with E-state index in [4.69, 9.17) is 4.74 Å². The predicted molar refractivity (Wildman–Crippen MR) is 58.6 cm³/mol. The van der Waals surface area contributed by atoms with Crippen molar-refractivity contribution >= 4 is 0 Å². The quantitative estimate of drug-likeness (QED) is 0.661. The Labute approximate surface area is 86.1 Å². The molecule has 14 heavy (non-hydrogen) atoms. The van der Waals surface area contributed by atoms with Crippen molar-refractivity contribution < 1.29 is 4.74 Å². The van der Waals surface area contributed by atoms with Gasteiger partial charge >= 0.3 is 0 Å². The minimum absolute atomic E-state index is 0.337. The number of aryl methyl sites for hydroxylation is 1. The van der Waals surface area contributed by atoms with Crippen LogP contribution in [0.5, 0.6) is 0 Å². The van der Waals surface area contributed by atoms with Gasteiger partial charge in [0.25, 0.3) is 0 Å². The lowest BCUT2D eigenvalue weighted by atomic mass is 9.74. The van der Waals surface area contributed by atoms with Crippen LogP contribution in [-0.4, -0.2) is 13.2 Å². The van der Waals surface area contributed by atoms with Crippen LogP contribution in [0.1, 0.15) is 30.9 Å². The third-order valence-corrected chi connectivity index (χ3v) is 3.39. The van der Waals surface area contributed by atoms with Gasteiger partial charge in [-0.25, -0.2) is 0 Å². The summed E-state index contributed by atoms with van der Waals surface area (Å²) in [6.45, 7) is 6.38. The van der Waals surface area contributed by atoms with E-state index < -0.39 is 0 Å². The van der Waals surface area contributed by atoms with Gasteiger partial charge in [-0.2, -0.15) is 0 Å². The lowest BCUT2D eigenvalue weighted by molar-refractivity contribution is 0.0562. The Bertz CT molecular complexity index is 311. The second-order valence-corrected chi connectivity index (χ2v) is 4.49. The predicted octanol–water partition coefficient (Wildman–Crippen LogP) is 3.06. The lowest BCUT2D eigenvalue weighted by Crippen LogP contribution is -2.31. The number of benzene rings is 1. The second-order valence-electron chi connectivity index (χ2n) is 4.49. The first kappa shape index (κ1) is 9.72. The van der Waals surface area contributed by atoms with E-state index >= 15 is 0 Å². The number of rotatable bonds is 1. The molecule has 1 aromatic carbocycles. The van der Waals surface area contributed by atoms with Crippen LogP contribution in [0.15, 0.2) is 24.3 Å². The summed E-state index contributed by atoms with van der Waals surface area (Å²) in [5.41, 5.74) is 3.25. The van der Waals surface area contributed by atoms with Crippen LogP contribution in [0.4, 0.5) is 0 Å². The first-order chi connectivity index (χ1) is 6.72. The highest BCUT2D eigenvalue weighted by atomic mass is 16.5. The molecule has 0 aromatic heterocycles. The van der Waals surface area contributed by atoms with Crippen LogP contribution in [0.3, 0.4) is 0 Å². The standard InChI is InChI=1S/C13H18O/c1-11-5-3-4-6-12(11)13(2)7-9-14-10-8-13/h3-6H,7-10H2,1-2H3. The molecule has 1 fully saturated rings. The summed E-state index contributed by atoms with van der Waals surface area (Å²) in [5, 5.41) is 0. The van der Waals surface area contributed by atoms with E-state index in [9.17, 15) is 0 Å². The molecule has 1 saturated heterocycles. The molecule has 0 atom stereocenters. The fraction of sp³-hybridized carbons (Fsp3) is 0.538. The molecule has 1 nitrogen and oxygen atoms in total. The first-order valence-electron chi connectivity index (χ1n) is 5.36. The molecule has 0 radical (unpaired) electrons. The maximum absolute atomic E-state index is 5.43. The molecule has 1 heteroatoms. The van der Waals surface area contributed by atoms with Crippen molar-refractivity contribution in [2.24, 2.45) is 0 Å². The molecule has 1 heterocycles. The highest BCUT2D eigenvalue weighted by Crippen LogP contribution is 2.35. The number of hydrogen-bond donors (Lipinski definition) is 0. The van der Waals surface area contributed by atoms with E-state index in [1.807, 2.05) is 0 Å². The fourth-order valence-electron chi connectivity index (χ4n) is 2.34. The molecule has 0 aliphatic carbocycles. The van der Waals surface area contributed by atoms with Gasteiger partial charge in [-0.3, -0.25) is 0 Å². The topological polar surface area (TPSA) is 9.23 Å². The maximum Gasteiger partial charge on any atom is 0.0474 e. The van der Waals surface area contributed by atoms with Crippen molar-refractivity contribution in [1.82, 2.24) is 0 Å². The molecule has 1 aliphatic rings. The highest BCUT2D eigenvalue weighted by Gasteiger charge is 2.30. The maximum atomic E-state index is 5.43. The molecule has 1 aliphatic heterocycles. The van der Waals surface area contributed by atoms with E-state index in [0.717, 1.165) is 26.1 Å². The van der Waals surface area contributed by atoms with Crippen molar-refractivity contribution in [2.75, 3.05) is 13.2 Å². The van der Waals surface area contributed by atoms with Crippen LogP contribution < -0.4 is 0 Å². The summed E-state index contributed by atoms with van der Waals surface area (Å²) < 4.78 is 5.43. The van der Waals surface area contributed by atoms with E-state index in [1.165, 1.54) is 11.1 Å².